The van der Waals surface area contributed by atoms with Gasteiger partial charge >= 0.3 is 6.03 Å². The Balaban J connectivity index is 1.54. The number of carbonyl (C=O) groups excluding carboxylic acids is 1. The lowest BCUT2D eigenvalue weighted by atomic mass is 10.1. The highest BCUT2D eigenvalue weighted by Gasteiger charge is 2.17. The zero-order chi connectivity index (χ0) is 16.4. The minimum atomic E-state index is -0.264. The molecule has 3 aromatic rings. The van der Waals surface area contributed by atoms with Gasteiger partial charge in [-0.15, -0.1) is 0 Å². The van der Waals surface area contributed by atoms with Crippen LogP contribution in [0.3, 0.4) is 0 Å². The Hall–Kier alpha value is -3.03. The molecule has 4 rings (SSSR count). The number of aromatic amines is 1. The second-order valence-corrected chi connectivity index (χ2v) is 5.89. The number of hydrogen-bond donors (Lipinski definition) is 3. The number of urea groups is 1. The van der Waals surface area contributed by atoms with E-state index in [1.807, 2.05) is 6.07 Å². The van der Waals surface area contributed by atoms with Crippen molar-refractivity contribution in [1.29, 1.82) is 0 Å². The number of nitrogens with one attached hydrogen (secondary N) is 3. The maximum Gasteiger partial charge on any atom is 0.321 e. The molecule has 0 bridgehead atoms. The molecule has 0 radical (unpaired) electrons. The van der Waals surface area contributed by atoms with Crippen LogP contribution in [0, 0.1) is 0 Å². The Kier molecular flexibility index (Phi) is 3.78. The number of anilines is 1. The molecule has 0 saturated heterocycles. The van der Waals surface area contributed by atoms with Crippen LogP contribution in [0.15, 0.2) is 30.9 Å². The molecule has 1 saturated carbocycles. The van der Waals surface area contributed by atoms with E-state index in [0.717, 1.165) is 24.0 Å². The standard InChI is InChI=1S/C16H17N7O/c24-16(21-12-3-1-2-4-12)23-15-18-9-14-13(22-15)5-10(6-17-14)11-7-19-20-8-11/h5-9,12H,1-4H2,(H,19,20)(H2,18,21,22,23,24). The number of H-pyrrole nitrogens is 1. The summed E-state index contributed by atoms with van der Waals surface area (Å²) < 4.78 is 0. The molecule has 3 heterocycles. The average molecular weight is 323 g/mol. The van der Waals surface area contributed by atoms with Crippen molar-refractivity contribution in [2.45, 2.75) is 31.7 Å². The Morgan fingerprint density at radius 3 is 2.75 bits per heavy atom. The molecule has 0 aliphatic heterocycles. The van der Waals surface area contributed by atoms with Gasteiger partial charge in [0.25, 0.3) is 0 Å². The van der Waals surface area contributed by atoms with Crippen LogP contribution in [0.1, 0.15) is 25.7 Å². The molecule has 0 spiro atoms. The van der Waals surface area contributed by atoms with Crippen LogP contribution < -0.4 is 10.6 Å². The third kappa shape index (κ3) is 3.03. The van der Waals surface area contributed by atoms with E-state index in [1.165, 1.54) is 12.8 Å². The molecular formula is C16H17N7O. The van der Waals surface area contributed by atoms with Gasteiger partial charge in [-0.3, -0.25) is 15.4 Å². The Bertz CT molecular complexity index is 856. The monoisotopic (exact) mass is 323 g/mol. The van der Waals surface area contributed by atoms with Crippen LogP contribution in [0.2, 0.25) is 0 Å². The first-order chi connectivity index (χ1) is 11.8. The second-order valence-electron chi connectivity index (χ2n) is 5.89. The lowest BCUT2D eigenvalue weighted by Crippen LogP contribution is -2.36. The van der Waals surface area contributed by atoms with Crippen LogP contribution in [0.4, 0.5) is 10.7 Å². The molecule has 1 aliphatic carbocycles. The van der Waals surface area contributed by atoms with Crippen LogP contribution >= 0.6 is 0 Å². The van der Waals surface area contributed by atoms with E-state index < -0.39 is 0 Å². The summed E-state index contributed by atoms with van der Waals surface area (Å²) in [5.41, 5.74) is 3.16. The van der Waals surface area contributed by atoms with E-state index in [9.17, 15) is 4.79 Å². The first-order valence-electron chi connectivity index (χ1n) is 7.97. The first-order valence-corrected chi connectivity index (χ1v) is 7.97. The van der Waals surface area contributed by atoms with Crippen molar-refractivity contribution in [2.24, 2.45) is 0 Å². The van der Waals surface area contributed by atoms with E-state index in [2.05, 4.69) is 35.8 Å². The van der Waals surface area contributed by atoms with Crippen molar-refractivity contribution in [2.75, 3.05) is 5.32 Å². The van der Waals surface area contributed by atoms with E-state index in [-0.39, 0.29) is 18.0 Å². The SMILES string of the molecule is O=C(Nc1ncc2ncc(-c3cn[nH]c3)cc2n1)NC1CCCC1. The number of amides is 2. The predicted molar refractivity (Wildman–Crippen MR) is 89.3 cm³/mol. The molecule has 8 nitrogen and oxygen atoms in total. The second kappa shape index (κ2) is 6.23. The minimum absolute atomic E-state index is 0.250. The maximum atomic E-state index is 12.0. The summed E-state index contributed by atoms with van der Waals surface area (Å²) in [6, 6.07) is 1.88. The van der Waals surface area contributed by atoms with Gasteiger partial charge in [-0.05, 0) is 18.9 Å². The maximum absolute atomic E-state index is 12.0. The van der Waals surface area contributed by atoms with Crippen molar-refractivity contribution in [3.63, 3.8) is 0 Å². The fourth-order valence-electron chi connectivity index (χ4n) is 2.94. The van der Waals surface area contributed by atoms with Crippen LogP contribution in [-0.2, 0) is 0 Å². The molecule has 2 amide bonds. The average Bonchev–Trinajstić information content (AvgIpc) is 3.27. The Morgan fingerprint density at radius 1 is 1.08 bits per heavy atom. The number of fused-ring (bicyclic) bond motifs is 1. The van der Waals surface area contributed by atoms with Gasteiger partial charge in [0.1, 0.15) is 5.52 Å². The zero-order valence-electron chi connectivity index (χ0n) is 13.0. The summed E-state index contributed by atoms with van der Waals surface area (Å²) in [5, 5.41) is 12.4. The molecular weight excluding hydrogens is 306 g/mol. The largest absolute Gasteiger partial charge is 0.335 e. The van der Waals surface area contributed by atoms with Gasteiger partial charge in [0.05, 0.1) is 17.9 Å². The molecule has 3 N–H and O–H groups in total. The Morgan fingerprint density at radius 2 is 1.96 bits per heavy atom. The molecule has 8 heteroatoms. The highest BCUT2D eigenvalue weighted by Crippen LogP contribution is 2.21. The quantitative estimate of drug-likeness (QED) is 0.686. The number of pyridine rings is 1. The van der Waals surface area contributed by atoms with Crippen molar-refractivity contribution >= 4 is 23.0 Å². The lowest BCUT2D eigenvalue weighted by Gasteiger charge is -2.12. The highest BCUT2D eigenvalue weighted by molar-refractivity contribution is 5.89. The molecule has 1 aliphatic rings. The van der Waals surface area contributed by atoms with Gasteiger partial charge in [0, 0.05) is 29.6 Å². The number of aromatic nitrogens is 5. The minimum Gasteiger partial charge on any atom is -0.335 e. The number of hydrogen-bond acceptors (Lipinski definition) is 5. The van der Waals surface area contributed by atoms with Crippen molar-refractivity contribution in [3.8, 4) is 11.1 Å². The summed E-state index contributed by atoms with van der Waals surface area (Å²) >= 11 is 0. The topological polar surface area (TPSA) is 108 Å². The third-order valence-electron chi connectivity index (χ3n) is 4.18. The van der Waals surface area contributed by atoms with Crippen molar-refractivity contribution in [3.05, 3.63) is 30.9 Å². The van der Waals surface area contributed by atoms with Gasteiger partial charge in [-0.2, -0.15) is 5.10 Å². The van der Waals surface area contributed by atoms with Crippen LogP contribution in [-0.4, -0.2) is 37.2 Å². The normalized spacial score (nSPS) is 14.8. The third-order valence-corrected chi connectivity index (χ3v) is 4.18. The fourth-order valence-corrected chi connectivity index (χ4v) is 2.94. The van der Waals surface area contributed by atoms with Gasteiger partial charge in [-0.25, -0.2) is 14.8 Å². The summed E-state index contributed by atoms with van der Waals surface area (Å²) in [6.45, 7) is 0. The molecule has 0 atom stereocenters. The molecule has 0 aromatic carbocycles. The number of nitrogens with zero attached hydrogens (tertiary/aromatic N) is 4. The summed E-state index contributed by atoms with van der Waals surface area (Å²) in [6.07, 6.45) is 11.3. The van der Waals surface area contributed by atoms with Crippen molar-refractivity contribution < 1.29 is 4.79 Å². The van der Waals surface area contributed by atoms with Gasteiger partial charge in [0.2, 0.25) is 5.95 Å². The van der Waals surface area contributed by atoms with Gasteiger partial charge < -0.3 is 5.32 Å². The first kappa shape index (κ1) is 14.6. The molecule has 24 heavy (non-hydrogen) atoms. The van der Waals surface area contributed by atoms with E-state index in [4.69, 9.17) is 0 Å². The number of carbonyl (C=O) groups is 1. The van der Waals surface area contributed by atoms with Crippen LogP contribution in [0.5, 0.6) is 0 Å². The summed E-state index contributed by atoms with van der Waals surface area (Å²) in [4.78, 5) is 24.9. The van der Waals surface area contributed by atoms with E-state index >= 15 is 0 Å². The van der Waals surface area contributed by atoms with E-state index in [0.29, 0.717) is 11.0 Å². The van der Waals surface area contributed by atoms with E-state index in [1.54, 1.807) is 24.8 Å². The molecule has 1 fully saturated rings. The van der Waals surface area contributed by atoms with Crippen LogP contribution in [0.25, 0.3) is 22.2 Å². The fraction of sp³-hybridized carbons (Fsp3) is 0.312. The Labute approximate surface area is 138 Å². The molecule has 3 aromatic heterocycles. The lowest BCUT2D eigenvalue weighted by molar-refractivity contribution is 0.248. The number of rotatable bonds is 3. The zero-order valence-corrected chi connectivity index (χ0v) is 13.0. The van der Waals surface area contributed by atoms with Gasteiger partial charge in [-0.1, -0.05) is 12.8 Å². The predicted octanol–water partition coefficient (Wildman–Crippen LogP) is 2.48. The highest BCUT2D eigenvalue weighted by atomic mass is 16.2. The smallest absolute Gasteiger partial charge is 0.321 e. The summed E-state index contributed by atoms with van der Waals surface area (Å²) in [5.74, 6) is 0.268. The summed E-state index contributed by atoms with van der Waals surface area (Å²) in [7, 11) is 0. The van der Waals surface area contributed by atoms with Gasteiger partial charge in [0.15, 0.2) is 0 Å². The molecule has 122 valence electrons. The molecule has 0 unspecified atom stereocenters. The van der Waals surface area contributed by atoms with Crippen molar-refractivity contribution in [1.82, 2.24) is 30.5 Å².